The van der Waals surface area contributed by atoms with Crippen LogP contribution in [0.25, 0.3) is 0 Å². The minimum Gasteiger partial charge on any atom is -0.468 e. The van der Waals surface area contributed by atoms with Crippen molar-refractivity contribution in [3.8, 4) is 5.75 Å². The summed E-state index contributed by atoms with van der Waals surface area (Å²) in [5.41, 5.74) is 1.08. The maximum Gasteiger partial charge on any atom is 0.573 e. The molecule has 12 heteroatoms. The fourth-order valence-corrected chi connectivity index (χ4v) is 3.53. The van der Waals surface area contributed by atoms with Crippen molar-refractivity contribution in [3.63, 3.8) is 0 Å². The monoisotopic (exact) mass is 515 g/mol. The number of nitrogens with one attached hydrogen (secondary N) is 1. The first-order chi connectivity index (χ1) is 16.1. The number of halogens is 5. The van der Waals surface area contributed by atoms with Gasteiger partial charge in [-0.05, 0) is 47.5 Å². The molecule has 2 N–H and O–H groups in total. The SMILES string of the molecule is COC(=O)C(c1cc(OC(F)(F)F)ccc1Cl)C(O)c1ncccc1NCc1ccc(Cl)nc1. The van der Waals surface area contributed by atoms with Gasteiger partial charge in [-0.3, -0.25) is 9.78 Å². The lowest BCUT2D eigenvalue weighted by Crippen LogP contribution is -2.24. The molecule has 0 radical (unpaired) electrons. The van der Waals surface area contributed by atoms with E-state index in [1.807, 2.05) is 0 Å². The molecule has 0 aliphatic carbocycles. The number of methoxy groups -OCH3 is 1. The molecular formula is C22H18Cl2F3N3O4. The third-order valence-electron chi connectivity index (χ3n) is 4.70. The molecule has 3 aromatic rings. The van der Waals surface area contributed by atoms with E-state index >= 15 is 0 Å². The van der Waals surface area contributed by atoms with E-state index in [2.05, 4.69) is 20.0 Å². The van der Waals surface area contributed by atoms with E-state index in [1.54, 1.807) is 30.5 Å². The van der Waals surface area contributed by atoms with Gasteiger partial charge in [0.25, 0.3) is 0 Å². The first-order valence-corrected chi connectivity index (χ1v) is 10.4. The molecule has 2 unspecified atom stereocenters. The molecule has 2 atom stereocenters. The zero-order chi connectivity index (χ0) is 24.9. The molecule has 3 rings (SSSR count). The molecule has 0 amide bonds. The van der Waals surface area contributed by atoms with Crippen LogP contribution in [0, 0.1) is 0 Å². The van der Waals surface area contributed by atoms with Crippen molar-refractivity contribution in [1.82, 2.24) is 9.97 Å². The molecular weight excluding hydrogens is 498 g/mol. The second-order valence-corrected chi connectivity index (χ2v) is 7.75. The van der Waals surface area contributed by atoms with Crippen LogP contribution in [-0.2, 0) is 16.1 Å². The number of benzene rings is 1. The van der Waals surface area contributed by atoms with Crippen molar-refractivity contribution < 1.29 is 32.5 Å². The molecule has 0 bridgehead atoms. The Hall–Kier alpha value is -3.08. The maximum atomic E-state index is 12.7. The summed E-state index contributed by atoms with van der Waals surface area (Å²) in [6.45, 7) is 0.286. The lowest BCUT2D eigenvalue weighted by molar-refractivity contribution is -0.274. The van der Waals surface area contributed by atoms with Gasteiger partial charge in [-0.15, -0.1) is 13.2 Å². The summed E-state index contributed by atoms with van der Waals surface area (Å²) >= 11 is 12.0. The Morgan fingerprint density at radius 3 is 2.59 bits per heavy atom. The molecule has 1 aromatic carbocycles. The van der Waals surface area contributed by atoms with Crippen molar-refractivity contribution in [3.05, 3.63) is 81.9 Å². The Morgan fingerprint density at radius 1 is 1.18 bits per heavy atom. The number of aromatic nitrogens is 2. The Bertz CT molecular complexity index is 1150. The Labute approximate surface area is 202 Å². The highest BCUT2D eigenvalue weighted by atomic mass is 35.5. The number of hydrogen-bond donors (Lipinski definition) is 2. The van der Waals surface area contributed by atoms with Gasteiger partial charge < -0.3 is 19.9 Å². The molecule has 180 valence electrons. The van der Waals surface area contributed by atoms with E-state index in [0.717, 1.165) is 30.9 Å². The third kappa shape index (κ3) is 6.49. The predicted molar refractivity (Wildman–Crippen MR) is 119 cm³/mol. The van der Waals surface area contributed by atoms with Crippen molar-refractivity contribution in [2.75, 3.05) is 12.4 Å². The first kappa shape index (κ1) is 25.5. The van der Waals surface area contributed by atoms with Gasteiger partial charge in [0.15, 0.2) is 0 Å². The molecule has 0 aliphatic rings. The van der Waals surface area contributed by atoms with Gasteiger partial charge in [0.1, 0.15) is 22.9 Å². The largest absolute Gasteiger partial charge is 0.573 e. The fourth-order valence-electron chi connectivity index (χ4n) is 3.18. The van der Waals surface area contributed by atoms with E-state index in [9.17, 15) is 23.1 Å². The van der Waals surface area contributed by atoms with E-state index < -0.39 is 30.1 Å². The highest BCUT2D eigenvalue weighted by Crippen LogP contribution is 2.39. The Balaban J connectivity index is 1.95. The average Bonchev–Trinajstić information content (AvgIpc) is 2.80. The minimum atomic E-state index is -4.96. The fraction of sp³-hybridized carbons (Fsp3) is 0.227. The van der Waals surface area contributed by atoms with Gasteiger partial charge in [-0.1, -0.05) is 29.3 Å². The van der Waals surface area contributed by atoms with Crippen LogP contribution in [0.5, 0.6) is 5.75 Å². The summed E-state index contributed by atoms with van der Waals surface area (Å²) in [7, 11) is 1.08. The van der Waals surface area contributed by atoms with Crippen LogP contribution in [0.3, 0.4) is 0 Å². The number of ether oxygens (including phenoxy) is 2. The van der Waals surface area contributed by atoms with Crippen LogP contribution in [0.1, 0.15) is 28.8 Å². The van der Waals surface area contributed by atoms with Crippen LogP contribution in [0.4, 0.5) is 18.9 Å². The van der Waals surface area contributed by atoms with E-state index in [0.29, 0.717) is 10.8 Å². The number of nitrogens with zero attached hydrogens (tertiary/aromatic N) is 2. The third-order valence-corrected chi connectivity index (χ3v) is 5.27. The molecule has 34 heavy (non-hydrogen) atoms. The summed E-state index contributed by atoms with van der Waals surface area (Å²) in [5.74, 6) is -3.04. The van der Waals surface area contributed by atoms with Crippen molar-refractivity contribution in [1.29, 1.82) is 0 Å². The zero-order valence-electron chi connectivity index (χ0n) is 17.5. The van der Waals surface area contributed by atoms with Gasteiger partial charge in [0.2, 0.25) is 0 Å². The maximum absolute atomic E-state index is 12.7. The highest BCUT2D eigenvalue weighted by molar-refractivity contribution is 6.31. The smallest absolute Gasteiger partial charge is 0.468 e. The number of alkyl halides is 3. The normalized spacial score (nSPS) is 13.1. The second-order valence-electron chi connectivity index (χ2n) is 6.96. The van der Waals surface area contributed by atoms with Crippen molar-refractivity contribution >= 4 is 34.9 Å². The molecule has 2 aromatic heterocycles. The second kappa shape index (κ2) is 10.9. The summed E-state index contributed by atoms with van der Waals surface area (Å²) in [6, 6.07) is 9.64. The summed E-state index contributed by atoms with van der Waals surface area (Å²) in [5, 5.41) is 14.5. The van der Waals surface area contributed by atoms with E-state index in [1.165, 1.54) is 6.20 Å². The lowest BCUT2D eigenvalue weighted by Gasteiger charge is -2.24. The predicted octanol–water partition coefficient (Wildman–Crippen LogP) is 5.28. The highest BCUT2D eigenvalue weighted by Gasteiger charge is 2.36. The first-order valence-electron chi connectivity index (χ1n) is 9.69. The summed E-state index contributed by atoms with van der Waals surface area (Å²) in [4.78, 5) is 20.8. The minimum absolute atomic E-state index is 0.0537. The number of esters is 1. The Kier molecular flexibility index (Phi) is 8.19. The molecule has 0 fully saturated rings. The summed E-state index contributed by atoms with van der Waals surface area (Å²) in [6.07, 6.45) is -3.63. The van der Waals surface area contributed by atoms with Gasteiger partial charge in [-0.2, -0.15) is 0 Å². The number of rotatable bonds is 8. The van der Waals surface area contributed by atoms with Crippen LogP contribution in [-0.4, -0.2) is 34.5 Å². The molecule has 0 saturated carbocycles. The van der Waals surface area contributed by atoms with Gasteiger partial charge in [-0.25, -0.2) is 4.98 Å². The summed E-state index contributed by atoms with van der Waals surface area (Å²) < 4.78 is 46.8. The number of anilines is 1. The lowest BCUT2D eigenvalue weighted by atomic mass is 9.90. The molecule has 0 saturated heterocycles. The molecule has 7 nitrogen and oxygen atoms in total. The van der Waals surface area contributed by atoms with Crippen LogP contribution >= 0.6 is 23.2 Å². The number of aliphatic hydroxyl groups is 1. The van der Waals surface area contributed by atoms with Crippen molar-refractivity contribution in [2.24, 2.45) is 0 Å². The van der Waals surface area contributed by atoms with Crippen molar-refractivity contribution in [2.45, 2.75) is 24.9 Å². The number of pyridine rings is 2. The van der Waals surface area contributed by atoms with E-state index in [4.69, 9.17) is 27.9 Å². The molecule has 0 aliphatic heterocycles. The molecule has 2 heterocycles. The van der Waals surface area contributed by atoms with Gasteiger partial charge in [0.05, 0.1) is 18.5 Å². The van der Waals surface area contributed by atoms with Crippen LogP contribution in [0.2, 0.25) is 10.2 Å². The zero-order valence-corrected chi connectivity index (χ0v) is 19.0. The van der Waals surface area contributed by atoms with Gasteiger partial charge >= 0.3 is 12.3 Å². The van der Waals surface area contributed by atoms with Crippen LogP contribution in [0.15, 0.2) is 54.9 Å². The van der Waals surface area contributed by atoms with Crippen LogP contribution < -0.4 is 10.1 Å². The number of carbonyl (C=O) groups is 1. The van der Waals surface area contributed by atoms with Gasteiger partial charge in [0, 0.05) is 24.0 Å². The van der Waals surface area contributed by atoms with E-state index in [-0.39, 0.29) is 22.8 Å². The number of carbonyl (C=O) groups excluding carboxylic acids is 1. The quantitative estimate of drug-likeness (QED) is 0.311. The Morgan fingerprint density at radius 2 is 1.94 bits per heavy atom. The standard InChI is InChI=1S/C22H18Cl2F3N3O4/c1-33-21(32)18(14-9-13(5-6-15(14)23)34-22(25,26)27)20(31)19-16(3-2-8-28-19)29-10-12-4-7-17(24)30-11-12/h2-9,11,18,20,29,31H,10H2,1H3. The molecule has 0 spiro atoms. The number of aliphatic hydroxyl groups excluding tert-OH is 1. The number of hydrogen-bond acceptors (Lipinski definition) is 7. The average molecular weight is 516 g/mol. The topological polar surface area (TPSA) is 93.6 Å².